The molecule has 2 rings (SSSR count). The average molecular weight is 348 g/mol. The monoisotopic (exact) mass is 347 g/mol. The van der Waals surface area contributed by atoms with Crippen molar-refractivity contribution in [2.75, 3.05) is 0 Å². The summed E-state index contributed by atoms with van der Waals surface area (Å²) in [6, 6.07) is 2.04. The Bertz CT molecular complexity index is 677. The van der Waals surface area contributed by atoms with Crippen LogP contribution in [0, 0.1) is 5.92 Å². The summed E-state index contributed by atoms with van der Waals surface area (Å²) in [6.45, 7) is 16.6. The number of hydrogen-bond acceptors (Lipinski definition) is 4. The number of aliphatic imine (C=N–C) groups is 1. The molecule has 0 fully saturated rings. The number of rotatable bonds is 4. The van der Waals surface area contributed by atoms with E-state index in [2.05, 4.69) is 49.2 Å². The Morgan fingerprint density at radius 2 is 1.92 bits per heavy atom. The Hall–Kier alpha value is -1.69. The van der Waals surface area contributed by atoms with Crippen LogP contribution in [-0.4, -0.2) is 31.3 Å². The van der Waals surface area contributed by atoms with E-state index in [4.69, 9.17) is 4.43 Å². The number of carbonyl (C=O) groups is 1. The van der Waals surface area contributed by atoms with Gasteiger partial charge in [-0.2, -0.15) is 4.99 Å². The molecule has 1 aromatic heterocycles. The summed E-state index contributed by atoms with van der Waals surface area (Å²) in [5, 5.41) is 3.28. The zero-order valence-corrected chi connectivity index (χ0v) is 17.2. The van der Waals surface area contributed by atoms with Gasteiger partial charge >= 0.3 is 0 Å². The molecular weight excluding hydrogens is 318 g/mol. The first-order chi connectivity index (χ1) is 10.9. The third kappa shape index (κ3) is 3.53. The topological polar surface area (TPSA) is 63.6 Å². The first-order valence-corrected chi connectivity index (χ1v) is 11.3. The number of pyridine rings is 1. The van der Waals surface area contributed by atoms with Crippen molar-refractivity contribution in [3.05, 3.63) is 23.5 Å². The quantitative estimate of drug-likeness (QED) is 0.850. The highest BCUT2D eigenvalue weighted by Gasteiger charge is 2.43. The van der Waals surface area contributed by atoms with Crippen LogP contribution < -0.4 is 9.74 Å². The van der Waals surface area contributed by atoms with Gasteiger partial charge in [0.2, 0.25) is 9.04 Å². The second kappa shape index (κ2) is 6.31. The third-order valence-electron chi connectivity index (χ3n) is 4.50. The Morgan fingerprint density at radius 1 is 1.29 bits per heavy atom. The van der Waals surface area contributed by atoms with Gasteiger partial charge in [-0.05, 0) is 43.0 Å². The van der Waals surface area contributed by atoms with Gasteiger partial charge in [-0.1, -0.05) is 34.6 Å². The van der Waals surface area contributed by atoms with Gasteiger partial charge in [0.1, 0.15) is 17.0 Å². The molecular formula is C18H29N3O2Si. The molecule has 1 aromatic rings. The summed E-state index contributed by atoms with van der Waals surface area (Å²) in [5.74, 6) is 1.21. The van der Waals surface area contributed by atoms with Gasteiger partial charge in [0.05, 0.1) is 0 Å². The number of hydrogen-bond donors (Lipinski definition) is 1. The summed E-state index contributed by atoms with van der Waals surface area (Å²) in [7, 11) is -1.32. The molecule has 1 atom stereocenters. The fourth-order valence-corrected chi connectivity index (χ4v) is 3.11. The summed E-state index contributed by atoms with van der Waals surface area (Å²) >= 11 is 0. The number of aromatic nitrogens is 1. The van der Waals surface area contributed by atoms with Crippen molar-refractivity contribution < 1.29 is 9.22 Å². The fraction of sp³-hybridized carbons (Fsp3) is 0.611. The molecule has 1 aliphatic heterocycles. The number of nitrogens with zero attached hydrogens (tertiary/aromatic N) is 2. The van der Waals surface area contributed by atoms with E-state index in [1.165, 1.54) is 0 Å². The number of amides is 1. The van der Waals surface area contributed by atoms with E-state index >= 15 is 0 Å². The average Bonchev–Trinajstić information content (AvgIpc) is 2.74. The zero-order valence-electron chi connectivity index (χ0n) is 16.0. The van der Waals surface area contributed by atoms with Crippen LogP contribution in [0.2, 0.25) is 13.1 Å². The van der Waals surface area contributed by atoms with E-state index in [0.29, 0.717) is 11.5 Å². The summed E-state index contributed by atoms with van der Waals surface area (Å²) in [5.41, 5.74) is 1.02. The van der Waals surface area contributed by atoms with E-state index < -0.39 is 14.6 Å². The highest BCUT2D eigenvalue weighted by atomic mass is 28.3. The maximum atomic E-state index is 12.4. The van der Waals surface area contributed by atoms with Crippen LogP contribution >= 0.6 is 0 Å². The molecule has 0 aromatic carbocycles. The summed E-state index contributed by atoms with van der Waals surface area (Å²) < 4.78 is 6.10. The maximum absolute atomic E-state index is 12.4. The minimum atomic E-state index is -1.32. The molecule has 24 heavy (non-hydrogen) atoms. The van der Waals surface area contributed by atoms with Gasteiger partial charge in [0.15, 0.2) is 5.84 Å². The molecule has 1 aliphatic rings. The Balaban J connectivity index is 2.47. The Kier molecular flexibility index (Phi) is 4.90. The van der Waals surface area contributed by atoms with Gasteiger partial charge in [-0.25, -0.2) is 4.98 Å². The normalized spacial score (nSPS) is 21.2. The Morgan fingerprint density at radius 3 is 2.38 bits per heavy atom. The molecule has 2 heterocycles. The first-order valence-electron chi connectivity index (χ1n) is 8.54. The lowest BCUT2D eigenvalue weighted by Crippen LogP contribution is -2.50. The minimum Gasteiger partial charge on any atom is -0.545 e. The van der Waals surface area contributed by atoms with Crippen molar-refractivity contribution in [3.8, 4) is 5.75 Å². The highest BCUT2D eigenvalue weighted by molar-refractivity contribution is 6.49. The predicted octanol–water partition coefficient (Wildman–Crippen LogP) is 3.03. The van der Waals surface area contributed by atoms with Crippen molar-refractivity contribution in [1.82, 2.24) is 10.3 Å². The molecule has 0 spiro atoms. The van der Waals surface area contributed by atoms with E-state index in [1.54, 1.807) is 0 Å². The lowest BCUT2D eigenvalue weighted by Gasteiger charge is -2.27. The molecule has 0 radical (unpaired) electrons. The van der Waals surface area contributed by atoms with Crippen LogP contribution in [-0.2, 0) is 10.2 Å². The van der Waals surface area contributed by atoms with Crippen molar-refractivity contribution in [3.63, 3.8) is 0 Å². The summed E-state index contributed by atoms with van der Waals surface area (Å²) in [6.07, 6.45) is 1.85. The van der Waals surface area contributed by atoms with Crippen molar-refractivity contribution in [1.29, 1.82) is 0 Å². The molecule has 1 amide bonds. The molecule has 1 unspecified atom stereocenters. The second-order valence-electron chi connectivity index (χ2n) is 8.23. The van der Waals surface area contributed by atoms with Gasteiger partial charge in [0.25, 0.3) is 5.91 Å². The number of amidine groups is 1. The minimum absolute atomic E-state index is 0.0185. The van der Waals surface area contributed by atoms with Gasteiger partial charge in [-0.3, -0.25) is 4.79 Å². The first kappa shape index (κ1) is 18.6. The molecule has 132 valence electrons. The van der Waals surface area contributed by atoms with Crippen molar-refractivity contribution >= 4 is 20.8 Å². The lowest BCUT2D eigenvalue weighted by molar-refractivity contribution is -0.123. The molecule has 0 saturated carbocycles. The van der Waals surface area contributed by atoms with E-state index in [1.807, 2.05) is 33.0 Å². The number of carbonyl (C=O) groups excluding carboxylic acids is 1. The van der Waals surface area contributed by atoms with Crippen molar-refractivity contribution in [2.45, 2.75) is 65.6 Å². The molecule has 6 heteroatoms. The molecule has 0 saturated heterocycles. The van der Waals surface area contributed by atoms with E-state index in [-0.39, 0.29) is 17.2 Å². The standard InChI is InChI=1S/C18H29N3O2Si/c1-11(2)18(6)16(22)20-15(21-18)14-13(23-24(7)8)9-12(10-19-14)17(3,4)5/h9-11,24H,1-8H3,(H,20,21,22). The summed E-state index contributed by atoms with van der Waals surface area (Å²) in [4.78, 5) is 21.2. The van der Waals surface area contributed by atoms with Gasteiger partial charge in [0, 0.05) is 6.20 Å². The van der Waals surface area contributed by atoms with Crippen LogP contribution in [0.1, 0.15) is 52.8 Å². The van der Waals surface area contributed by atoms with Gasteiger partial charge < -0.3 is 9.74 Å². The molecule has 5 nitrogen and oxygen atoms in total. The molecule has 0 aliphatic carbocycles. The molecule has 0 bridgehead atoms. The van der Waals surface area contributed by atoms with Crippen LogP contribution in [0.15, 0.2) is 17.3 Å². The zero-order chi connectivity index (χ0) is 18.3. The Labute approximate surface area is 146 Å². The van der Waals surface area contributed by atoms with E-state index in [0.717, 1.165) is 11.3 Å². The van der Waals surface area contributed by atoms with Gasteiger partial charge in [-0.15, -0.1) is 0 Å². The van der Waals surface area contributed by atoms with Crippen LogP contribution in [0.4, 0.5) is 0 Å². The number of nitrogens with one attached hydrogen (secondary N) is 1. The van der Waals surface area contributed by atoms with E-state index in [9.17, 15) is 4.79 Å². The van der Waals surface area contributed by atoms with Crippen molar-refractivity contribution in [2.24, 2.45) is 10.9 Å². The molecule has 1 N–H and O–H groups in total. The fourth-order valence-electron chi connectivity index (χ4n) is 2.42. The third-order valence-corrected chi connectivity index (χ3v) is 5.22. The van der Waals surface area contributed by atoms with Crippen LogP contribution in [0.3, 0.4) is 0 Å². The lowest BCUT2D eigenvalue weighted by atomic mass is 9.88. The SMILES string of the molecule is CC(C)C1(C)NC(c2ncc(C(C)(C)C)cc2O[SiH](C)C)=NC1=O. The highest BCUT2D eigenvalue weighted by Crippen LogP contribution is 2.30. The largest absolute Gasteiger partial charge is 0.545 e. The van der Waals surface area contributed by atoms with Crippen LogP contribution in [0.25, 0.3) is 0 Å². The van der Waals surface area contributed by atoms with Crippen LogP contribution in [0.5, 0.6) is 5.75 Å². The smallest absolute Gasteiger partial charge is 0.273 e. The second-order valence-corrected chi connectivity index (χ2v) is 10.6. The maximum Gasteiger partial charge on any atom is 0.273 e. The predicted molar refractivity (Wildman–Crippen MR) is 100 cm³/mol.